The Morgan fingerprint density at radius 2 is 2.15 bits per heavy atom. The van der Waals surface area contributed by atoms with E-state index in [0.29, 0.717) is 19.4 Å². The van der Waals surface area contributed by atoms with E-state index in [4.69, 9.17) is 14.4 Å². The lowest BCUT2D eigenvalue weighted by Gasteiger charge is -2.23. The van der Waals surface area contributed by atoms with Gasteiger partial charge in [-0.05, 0) is 19.5 Å². The van der Waals surface area contributed by atoms with E-state index in [-0.39, 0.29) is 6.29 Å². The maximum Gasteiger partial charge on any atom is 0.330 e. The molecule has 1 N–H and O–H groups in total. The zero-order valence-corrected chi connectivity index (χ0v) is 9.41. The summed E-state index contributed by atoms with van der Waals surface area (Å²) in [6.45, 7) is 5.64. The molecule has 0 aliphatic heterocycles. The van der Waals surface area contributed by atoms with Crippen LogP contribution in [0.2, 0.25) is 13.1 Å². The Hall–Kier alpha value is -0.413. The summed E-state index contributed by atoms with van der Waals surface area (Å²) in [5.41, 5.74) is 0. The third kappa shape index (κ3) is 7.93. The van der Waals surface area contributed by atoms with Crippen LogP contribution in [0.25, 0.3) is 0 Å². The van der Waals surface area contributed by atoms with E-state index in [2.05, 4.69) is 0 Å². The van der Waals surface area contributed by atoms with Gasteiger partial charge in [0.05, 0.1) is 19.1 Å². The van der Waals surface area contributed by atoms with Crippen molar-refractivity contribution >= 4 is 8.56 Å². The molecule has 0 aromatic rings. The van der Waals surface area contributed by atoms with Crippen molar-refractivity contribution < 1.29 is 14.0 Å². The van der Waals surface area contributed by atoms with Gasteiger partial charge in [0.2, 0.25) is 0 Å². The molecule has 0 saturated carbocycles. The van der Waals surface area contributed by atoms with Crippen molar-refractivity contribution in [3.63, 3.8) is 0 Å². The maximum atomic E-state index is 9.45. The van der Waals surface area contributed by atoms with Gasteiger partial charge in [0.1, 0.15) is 6.29 Å². The molecule has 5 heteroatoms. The van der Waals surface area contributed by atoms with Gasteiger partial charge in [-0.2, -0.15) is 5.26 Å². The molecule has 13 heavy (non-hydrogen) atoms. The number of ether oxygens (including phenoxy) is 1. The predicted molar refractivity (Wildman–Crippen MR) is 51.0 cm³/mol. The van der Waals surface area contributed by atoms with Gasteiger partial charge in [0, 0.05) is 0 Å². The second-order valence-electron chi connectivity index (χ2n) is 3.18. The second kappa shape index (κ2) is 6.10. The molecule has 0 aliphatic rings. The number of rotatable bonds is 6. The minimum absolute atomic E-state index is 0.354. The fourth-order valence-electron chi connectivity index (χ4n) is 0.793. The lowest BCUT2D eigenvalue weighted by atomic mass is 10.4. The highest BCUT2D eigenvalue weighted by Crippen LogP contribution is 2.08. The van der Waals surface area contributed by atoms with Gasteiger partial charge < -0.3 is 14.0 Å². The molecule has 1 unspecified atom stereocenters. The lowest BCUT2D eigenvalue weighted by molar-refractivity contribution is -0.0942. The third-order valence-electron chi connectivity index (χ3n) is 1.27. The minimum Gasteiger partial charge on any atom is -0.411 e. The van der Waals surface area contributed by atoms with Gasteiger partial charge >= 0.3 is 8.56 Å². The SMILES string of the molecule is CCC(OCCC#N)O[Si](C)(C)O. The molecule has 0 aliphatic carbocycles. The zero-order chi connectivity index (χ0) is 10.3. The van der Waals surface area contributed by atoms with Crippen LogP contribution in [0.3, 0.4) is 0 Å². The molecule has 0 saturated heterocycles. The van der Waals surface area contributed by atoms with Crippen LogP contribution in [0.1, 0.15) is 19.8 Å². The Morgan fingerprint density at radius 3 is 2.54 bits per heavy atom. The van der Waals surface area contributed by atoms with E-state index in [1.54, 1.807) is 13.1 Å². The Balaban J connectivity index is 3.71. The molecule has 4 nitrogen and oxygen atoms in total. The highest BCUT2D eigenvalue weighted by atomic mass is 28.4. The van der Waals surface area contributed by atoms with Crippen LogP contribution < -0.4 is 0 Å². The summed E-state index contributed by atoms with van der Waals surface area (Å²) in [5.74, 6) is 0. The van der Waals surface area contributed by atoms with E-state index < -0.39 is 8.56 Å². The smallest absolute Gasteiger partial charge is 0.330 e. The van der Waals surface area contributed by atoms with Crippen LogP contribution in [-0.2, 0) is 9.16 Å². The highest BCUT2D eigenvalue weighted by Gasteiger charge is 2.23. The second-order valence-corrected chi connectivity index (χ2v) is 6.31. The molecule has 0 spiro atoms. The summed E-state index contributed by atoms with van der Waals surface area (Å²) in [6, 6.07) is 1.98. The van der Waals surface area contributed by atoms with Gasteiger partial charge in [0.15, 0.2) is 0 Å². The van der Waals surface area contributed by atoms with Crippen LogP contribution in [0, 0.1) is 11.3 Å². The normalized spacial score (nSPS) is 13.8. The number of hydrogen-bond acceptors (Lipinski definition) is 4. The van der Waals surface area contributed by atoms with Gasteiger partial charge in [0.25, 0.3) is 0 Å². The van der Waals surface area contributed by atoms with Crippen LogP contribution >= 0.6 is 0 Å². The first-order valence-corrected chi connectivity index (χ1v) is 7.24. The van der Waals surface area contributed by atoms with E-state index in [9.17, 15) is 4.80 Å². The lowest BCUT2D eigenvalue weighted by Crippen LogP contribution is -2.36. The van der Waals surface area contributed by atoms with Crippen LogP contribution in [0.5, 0.6) is 0 Å². The molecule has 0 amide bonds. The van der Waals surface area contributed by atoms with Crippen molar-refractivity contribution in [3.05, 3.63) is 0 Å². The fraction of sp³-hybridized carbons (Fsp3) is 0.875. The monoisotopic (exact) mass is 203 g/mol. The van der Waals surface area contributed by atoms with E-state index in [0.717, 1.165) is 0 Å². The Morgan fingerprint density at radius 1 is 1.54 bits per heavy atom. The Labute approximate surface area is 80.3 Å². The average Bonchev–Trinajstić information content (AvgIpc) is 2.01. The first kappa shape index (κ1) is 12.6. The molecule has 0 aromatic carbocycles. The largest absolute Gasteiger partial charge is 0.411 e. The fourth-order valence-corrected chi connectivity index (χ4v) is 1.67. The molecular weight excluding hydrogens is 186 g/mol. The van der Waals surface area contributed by atoms with Crippen molar-refractivity contribution in [3.8, 4) is 6.07 Å². The molecule has 0 rings (SSSR count). The molecule has 0 aromatic heterocycles. The van der Waals surface area contributed by atoms with E-state index in [1.807, 2.05) is 13.0 Å². The first-order valence-electron chi connectivity index (χ1n) is 4.38. The van der Waals surface area contributed by atoms with Gasteiger partial charge in [-0.15, -0.1) is 0 Å². The topological polar surface area (TPSA) is 62.5 Å². The van der Waals surface area contributed by atoms with Crippen molar-refractivity contribution in [2.75, 3.05) is 6.61 Å². The summed E-state index contributed by atoms with van der Waals surface area (Å²) in [6.07, 6.45) is 0.662. The van der Waals surface area contributed by atoms with Gasteiger partial charge in [-0.25, -0.2) is 0 Å². The van der Waals surface area contributed by atoms with Gasteiger partial charge in [-0.1, -0.05) is 6.92 Å². The highest BCUT2D eigenvalue weighted by molar-refractivity contribution is 6.63. The Kier molecular flexibility index (Phi) is 5.91. The average molecular weight is 203 g/mol. The van der Waals surface area contributed by atoms with Crippen molar-refractivity contribution in [2.45, 2.75) is 39.1 Å². The molecule has 0 radical (unpaired) electrons. The van der Waals surface area contributed by atoms with Crippen LogP contribution in [0.15, 0.2) is 0 Å². The van der Waals surface area contributed by atoms with E-state index in [1.165, 1.54) is 0 Å². The minimum atomic E-state index is -2.51. The quantitative estimate of drug-likeness (QED) is 0.402. The van der Waals surface area contributed by atoms with Crippen LogP contribution in [-0.4, -0.2) is 26.3 Å². The Bertz CT molecular complexity index is 173. The summed E-state index contributed by atoms with van der Waals surface area (Å²) in [5, 5.41) is 8.27. The first-order chi connectivity index (χ1) is 5.99. The summed E-state index contributed by atoms with van der Waals surface area (Å²) in [7, 11) is -2.51. The molecule has 0 fully saturated rings. The maximum absolute atomic E-state index is 9.45. The van der Waals surface area contributed by atoms with Crippen molar-refractivity contribution in [2.24, 2.45) is 0 Å². The third-order valence-corrected chi connectivity index (χ3v) is 2.11. The summed E-state index contributed by atoms with van der Waals surface area (Å²) >= 11 is 0. The zero-order valence-electron chi connectivity index (χ0n) is 8.41. The molecule has 1 atom stereocenters. The predicted octanol–water partition coefficient (Wildman–Crippen LogP) is 1.36. The molecular formula is C8H17NO3Si. The molecule has 0 heterocycles. The number of nitrogens with zero attached hydrogens (tertiary/aromatic N) is 1. The summed E-state index contributed by atoms with van der Waals surface area (Å²) < 4.78 is 10.5. The number of nitriles is 1. The van der Waals surface area contributed by atoms with Crippen molar-refractivity contribution in [1.82, 2.24) is 0 Å². The van der Waals surface area contributed by atoms with Crippen molar-refractivity contribution in [1.29, 1.82) is 5.26 Å². The standard InChI is InChI=1S/C8H17NO3Si/c1-4-8(11-7-5-6-9)12-13(2,3)10/h8,10H,4-5,7H2,1-3H3. The number of hydrogen-bond donors (Lipinski definition) is 1. The van der Waals surface area contributed by atoms with E-state index >= 15 is 0 Å². The molecule has 76 valence electrons. The van der Waals surface area contributed by atoms with Gasteiger partial charge in [-0.3, -0.25) is 0 Å². The molecule has 0 bridgehead atoms. The van der Waals surface area contributed by atoms with Crippen LogP contribution in [0.4, 0.5) is 0 Å². The summed E-state index contributed by atoms with van der Waals surface area (Å²) in [4.78, 5) is 9.45.